The normalized spacial score (nSPS) is 19.4. The van der Waals surface area contributed by atoms with Crippen LogP contribution in [0.1, 0.15) is 42.1 Å². The predicted octanol–water partition coefficient (Wildman–Crippen LogP) is 5.06. The lowest BCUT2D eigenvalue weighted by Crippen LogP contribution is -2.32. The first-order valence-electron chi connectivity index (χ1n) is 13.4. The van der Waals surface area contributed by atoms with Gasteiger partial charge in [-0.05, 0) is 60.9 Å². The Morgan fingerprint density at radius 3 is 2.58 bits per heavy atom. The summed E-state index contributed by atoms with van der Waals surface area (Å²) >= 11 is 0. The Balaban J connectivity index is 1.55. The number of hydrogen-bond donors (Lipinski definition) is 1. The third-order valence-corrected chi connectivity index (χ3v) is 7.07. The SMILES string of the molecule is CCOc1cc([C@H]2C(=C(O)c3ccc4c(c3)C[C@H](C)O4)C(=O)C(=O)N2CCOC)ccc1OCc1ccccc1. The number of benzene rings is 3. The molecule has 1 saturated heterocycles. The summed E-state index contributed by atoms with van der Waals surface area (Å²) in [6, 6.07) is 19.6. The maximum absolute atomic E-state index is 13.4. The lowest BCUT2D eigenvalue weighted by molar-refractivity contribution is -0.140. The number of aliphatic hydroxyl groups excluding tert-OH is 1. The molecule has 0 aliphatic carbocycles. The number of methoxy groups -OCH3 is 1. The number of aliphatic hydroxyl groups is 1. The van der Waals surface area contributed by atoms with Crippen molar-refractivity contribution in [3.8, 4) is 17.2 Å². The summed E-state index contributed by atoms with van der Waals surface area (Å²) in [5.41, 5.74) is 3.05. The van der Waals surface area contributed by atoms with E-state index >= 15 is 0 Å². The molecule has 0 radical (unpaired) electrons. The quantitative estimate of drug-likeness (QED) is 0.217. The Labute approximate surface area is 233 Å². The minimum absolute atomic E-state index is 0.0217. The summed E-state index contributed by atoms with van der Waals surface area (Å²) in [7, 11) is 1.53. The molecule has 3 aromatic rings. The first-order chi connectivity index (χ1) is 19.4. The van der Waals surface area contributed by atoms with Gasteiger partial charge in [0.15, 0.2) is 11.5 Å². The number of nitrogens with zero attached hydrogens (tertiary/aromatic N) is 1. The third kappa shape index (κ3) is 5.40. The van der Waals surface area contributed by atoms with E-state index in [9.17, 15) is 14.7 Å². The van der Waals surface area contributed by atoms with Crippen molar-refractivity contribution in [2.75, 3.05) is 26.9 Å². The van der Waals surface area contributed by atoms with Gasteiger partial charge in [-0.2, -0.15) is 0 Å². The van der Waals surface area contributed by atoms with E-state index in [2.05, 4.69) is 0 Å². The van der Waals surface area contributed by atoms with Crippen molar-refractivity contribution in [1.29, 1.82) is 0 Å². The molecule has 2 aliphatic rings. The molecular formula is C32H33NO7. The van der Waals surface area contributed by atoms with Crippen LogP contribution in [0, 0.1) is 0 Å². The zero-order valence-corrected chi connectivity index (χ0v) is 22.9. The van der Waals surface area contributed by atoms with E-state index in [1.807, 2.05) is 50.2 Å². The van der Waals surface area contributed by atoms with Gasteiger partial charge in [0.2, 0.25) is 0 Å². The van der Waals surface area contributed by atoms with Crippen molar-refractivity contribution in [1.82, 2.24) is 4.90 Å². The first-order valence-corrected chi connectivity index (χ1v) is 13.4. The lowest BCUT2D eigenvalue weighted by Gasteiger charge is -2.26. The van der Waals surface area contributed by atoms with Crippen molar-refractivity contribution < 1.29 is 33.6 Å². The summed E-state index contributed by atoms with van der Waals surface area (Å²) in [5, 5.41) is 11.5. The molecule has 8 heteroatoms. The number of hydrogen-bond acceptors (Lipinski definition) is 7. The topological polar surface area (TPSA) is 94.5 Å². The highest BCUT2D eigenvalue weighted by Gasteiger charge is 2.46. The van der Waals surface area contributed by atoms with Gasteiger partial charge >= 0.3 is 0 Å². The molecule has 0 aromatic heterocycles. The van der Waals surface area contributed by atoms with E-state index in [1.165, 1.54) is 12.0 Å². The molecule has 5 rings (SSSR count). The second-order valence-electron chi connectivity index (χ2n) is 9.85. The van der Waals surface area contributed by atoms with Crippen LogP contribution in [0.15, 0.2) is 72.3 Å². The number of amides is 1. The number of carbonyl (C=O) groups is 2. The molecule has 2 atom stereocenters. The molecule has 0 unspecified atom stereocenters. The second-order valence-corrected chi connectivity index (χ2v) is 9.85. The lowest BCUT2D eigenvalue weighted by atomic mass is 9.94. The number of likely N-dealkylation sites (tertiary alicyclic amines) is 1. The van der Waals surface area contributed by atoms with Crippen molar-refractivity contribution in [3.63, 3.8) is 0 Å². The van der Waals surface area contributed by atoms with E-state index in [0.717, 1.165) is 16.9 Å². The summed E-state index contributed by atoms with van der Waals surface area (Å²) < 4.78 is 23.0. The van der Waals surface area contributed by atoms with Gasteiger partial charge in [0.05, 0.1) is 24.8 Å². The molecule has 2 aliphatic heterocycles. The highest BCUT2D eigenvalue weighted by molar-refractivity contribution is 6.46. The van der Waals surface area contributed by atoms with Gasteiger partial charge in [-0.3, -0.25) is 9.59 Å². The molecule has 8 nitrogen and oxygen atoms in total. The van der Waals surface area contributed by atoms with Crippen LogP contribution >= 0.6 is 0 Å². The van der Waals surface area contributed by atoms with Crippen LogP contribution in [0.5, 0.6) is 17.2 Å². The Hall–Kier alpha value is -4.30. The maximum Gasteiger partial charge on any atom is 0.295 e. The van der Waals surface area contributed by atoms with Gasteiger partial charge in [0.1, 0.15) is 24.2 Å². The third-order valence-electron chi connectivity index (χ3n) is 7.07. The number of ketones is 1. The Bertz CT molecular complexity index is 1430. The summed E-state index contributed by atoms with van der Waals surface area (Å²) in [6.45, 7) is 5.00. The molecule has 1 N–H and O–H groups in total. The molecule has 1 amide bonds. The van der Waals surface area contributed by atoms with Crippen LogP contribution in [-0.4, -0.2) is 54.7 Å². The fourth-order valence-corrected chi connectivity index (χ4v) is 5.19. The van der Waals surface area contributed by atoms with E-state index in [4.69, 9.17) is 18.9 Å². The number of ether oxygens (including phenoxy) is 4. The van der Waals surface area contributed by atoms with Crippen LogP contribution in [0.2, 0.25) is 0 Å². The van der Waals surface area contributed by atoms with Crippen LogP contribution in [0.4, 0.5) is 0 Å². The van der Waals surface area contributed by atoms with Gasteiger partial charge in [0.25, 0.3) is 11.7 Å². The Morgan fingerprint density at radius 2 is 1.82 bits per heavy atom. The monoisotopic (exact) mass is 543 g/mol. The predicted molar refractivity (Wildman–Crippen MR) is 150 cm³/mol. The van der Waals surface area contributed by atoms with Crippen molar-refractivity contribution in [3.05, 3.63) is 94.6 Å². The molecule has 208 valence electrons. The van der Waals surface area contributed by atoms with Crippen molar-refractivity contribution in [2.24, 2.45) is 0 Å². The van der Waals surface area contributed by atoms with Crippen LogP contribution in [0.25, 0.3) is 5.76 Å². The first kappa shape index (κ1) is 27.3. The number of fused-ring (bicyclic) bond motifs is 1. The molecule has 40 heavy (non-hydrogen) atoms. The summed E-state index contributed by atoms with van der Waals surface area (Å²) in [5.74, 6) is 0.115. The fourth-order valence-electron chi connectivity index (χ4n) is 5.19. The molecule has 0 saturated carbocycles. The van der Waals surface area contributed by atoms with Gasteiger partial charge in [-0.25, -0.2) is 0 Å². The summed E-state index contributed by atoms with van der Waals surface area (Å²) in [4.78, 5) is 28.0. The maximum atomic E-state index is 13.4. The minimum Gasteiger partial charge on any atom is -0.507 e. The number of Topliss-reactive ketones (excluding diaryl/α,β-unsaturated/α-hetero) is 1. The minimum atomic E-state index is -0.832. The highest BCUT2D eigenvalue weighted by Crippen LogP contribution is 2.43. The van der Waals surface area contributed by atoms with Crippen LogP contribution < -0.4 is 14.2 Å². The van der Waals surface area contributed by atoms with E-state index in [0.29, 0.717) is 42.3 Å². The van der Waals surface area contributed by atoms with Crippen molar-refractivity contribution in [2.45, 2.75) is 39.0 Å². The molecule has 0 spiro atoms. The standard InChI is InChI=1S/C32H33NO7/c1-4-38-27-18-22(10-13-26(27)39-19-21-8-6-5-7-9-21)29-28(31(35)32(36)33(29)14-15-37-3)30(34)23-11-12-25-24(17-23)16-20(2)40-25/h5-13,17-18,20,29,34H,4,14-16,19H2,1-3H3/t20-,29-/m0/s1. The molecular weight excluding hydrogens is 510 g/mol. The molecule has 3 aromatic carbocycles. The van der Waals surface area contributed by atoms with Crippen molar-refractivity contribution >= 4 is 17.4 Å². The van der Waals surface area contributed by atoms with Crippen LogP contribution in [0.3, 0.4) is 0 Å². The largest absolute Gasteiger partial charge is 0.507 e. The Morgan fingerprint density at radius 1 is 1.02 bits per heavy atom. The fraction of sp³-hybridized carbons (Fsp3) is 0.312. The van der Waals surface area contributed by atoms with E-state index in [1.54, 1.807) is 30.3 Å². The van der Waals surface area contributed by atoms with Gasteiger partial charge in [0, 0.05) is 25.6 Å². The zero-order chi connectivity index (χ0) is 28.2. The second kappa shape index (κ2) is 11.8. The van der Waals surface area contributed by atoms with Gasteiger partial charge in [-0.15, -0.1) is 0 Å². The average Bonchev–Trinajstić information content (AvgIpc) is 3.46. The smallest absolute Gasteiger partial charge is 0.295 e. The zero-order valence-electron chi connectivity index (χ0n) is 22.9. The molecule has 0 bridgehead atoms. The van der Waals surface area contributed by atoms with E-state index in [-0.39, 0.29) is 30.6 Å². The van der Waals surface area contributed by atoms with Crippen LogP contribution in [-0.2, 0) is 27.4 Å². The van der Waals surface area contributed by atoms with Gasteiger partial charge < -0.3 is 29.0 Å². The van der Waals surface area contributed by atoms with Gasteiger partial charge in [-0.1, -0.05) is 36.4 Å². The molecule has 2 heterocycles. The number of rotatable bonds is 10. The average molecular weight is 544 g/mol. The highest BCUT2D eigenvalue weighted by atomic mass is 16.5. The Kier molecular flexibility index (Phi) is 8.07. The molecule has 1 fully saturated rings. The van der Waals surface area contributed by atoms with E-state index < -0.39 is 17.7 Å². The summed E-state index contributed by atoms with van der Waals surface area (Å²) in [6.07, 6.45) is 0.733. The number of carbonyl (C=O) groups excluding carboxylic acids is 2.